The monoisotopic (exact) mass is 497 g/mol. The molecule has 2 aromatic rings. The topological polar surface area (TPSA) is 117 Å². The third-order valence-corrected chi connectivity index (χ3v) is 5.61. The van der Waals surface area contributed by atoms with Crippen LogP contribution in [0.2, 0.25) is 0 Å². The molecule has 9 nitrogen and oxygen atoms in total. The summed E-state index contributed by atoms with van der Waals surface area (Å²) in [4.78, 5) is 41.2. The van der Waals surface area contributed by atoms with Gasteiger partial charge in [-0.25, -0.2) is 4.79 Å². The van der Waals surface area contributed by atoms with Crippen LogP contribution < -0.4 is 15.4 Å². The molecule has 0 spiro atoms. The fraction of sp³-hybridized carbons (Fsp3) is 0.444. The summed E-state index contributed by atoms with van der Waals surface area (Å²) in [5.41, 5.74) is 1.34. The zero-order chi connectivity index (χ0) is 26.5. The lowest BCUT2D eigenvalue weighted by molar-refractivity contribution is -0.142. The number of aliphatic hydroxyl groups is 1. The predicted octanol–water partition coefficient (Wildman–Crippen LogP) is 3.56. The molecule has 1 fully saturated rings. The summed E-state index contributed by atoms with van der Waals surface area (Å²) < 4.78 is 10.4. The molecule has 3 amide bonds. The van der Waals surface area contributed by atoms with Gasteiger partial charge >= 0.3 is 6.09 Å². The Balaban J connectivity index is 1.92. The Kier molecular flexibility index (Phi) is 8.57. The molecular formula is C27H35N3O6. The Morgan fingerprint density at radius 2 is 1.78 bits per heavy atom. The molecule has 194 valence electrons. The molecule has 0 radical (unpaired) electrons. The number of ether oxygens (including phenoxy) is 2. The molecular weight excluding hydrogens is 462 g/mol. The number of methoxy groups -OCH3 is 1. The van der Waals surface area contributed by atoms with Crippen LogP contribution >= 0.6 is 0 Å². The first-order valence-corrected chi connectivity index (χ1v) is 12.0. The second-order valence-electron chi connectivity index (χ2n) is 9.89. The standard InChI is InChI=1S/C27H35N3O6/c1-17-7-6-8-18(15-17)23(24(32)28-19-9-13-21(35-5)14-10-19)30(20-11-12-20)25(33)22(16-31)29-26(34)36-27(2,3)4/h6-10,13-15,20,22-23,31H,11-12,16H2,1-5H3,(H,28,32)(H,29,34). The van der Waals surface area contributed by atoms with E-state index in [0.29, 0.717) is 29.8 Å². The van der Waals surface area contributed by atoms with Crippen LogP contribution in [0.25, 0.3) is 0 Å². The molecule has 0 bridgehead atoms. The van der Waals surface area contributed by atoms with Gasteiger partial charge in [0.2, 0.25) is 5.91 Å². The molecule has 1 aliphatic carbocycles. The smallest absolute Gasteiger partial charge is 0.408 e. The van der Waals surface area contributed by atoms with E-state index in [1.54, 1.807) is 58.2 Å². The first kappa shape index (κ1) is 27.0. The second kappa shape index (κ2) is 11.4. The van der Waals surface area contributed by atoms with Gasteiger partial charge in [0.1, 0.15) is 23.4 Å². The summed E-state index contributed by atoms with van der Waals surface area (Å²) in [5.74, 6) is -0.306. The molecule has 2 atom stereocenters. The number of carbonyl (C=O) groups is 3. The van der Waals surface area contributed by atoms with Crippen LogP contribution in [-0.2, 0) is 14.3 Å². The van der Waals surface area contributed by atoms with Crippen molar-refractivity contribution in [2.24, 2.45) is 0 Å². The highest BCUT2D eigenvalue weighted by molar-refractivity contribution is 5.99. The van der Waals surface area contributed by atoms with Gasteiger partial charge in [0.25, 0.3) is 5.91 Å². The van der Waals surface area contributed by atoms with E-state index in [-0.39, 0.29) is 6.04 Å². The minimum atomic E-state index is -1.26. The summed E-state index contributed by atoms with van der Waals surface area (Å²) in [6.45, 7) is 6.39. The van der Waals surface area contributed by atoms with Crippen molar-refractivity contribution in [3.63, 3.8) is 0 Å². The molecule has 0 aromatic heterocycles. The third kappa shape index (κ3) is 7.21. The number of benzene rings is 2. The Morgan fingerprint density at radius 1 is 1.11 bits per heavy atom. The van der Waals surface area contributed by atoms with Gasteiger partial charge in [-0.2, -0.15) is 0 Å². The van der Waals surface area contributed by atoms with Crippen LogP contribution in [0.1, 0.15) is 50.8 Å². The number of aryl methyl sites for hydroxylation is 1. The Labute approximate surface area is 211 Å². The third-order valence-electron chi connectivity index (χ3n) is 5.61. The van der Waals surface area contributed by atoms with Gasteiger partial charge in [0, 0.05) is 11.7 Å². The largest absolute Gasteiger partial charge is 0.497 e. The lowest BCUT2D eigenvalue weighted by Gasteiger charge is -2.34. The van der Waals surface area contributed by atoms with Crippen molar-refractivity contribution in [3.8, 4) is 5.75 Å². The quantitative estimate of drug-likeness (QED) is 0.488. The van der Waals surface area contributed by atoms with Crippen LogP contribution in [0.3, 0.4) is 0 Å². The van der Waals surface area contributed by atoms with Crippen molar-refractivity contribution in [1.82, 2.24) is 10.2 Å². The van der Waals surface area contributed by atoms with E-state index in [0.717, 1.165) is 5.56 Å². The Bertz CT molecular complexity index is 1080. The van der Waals surface area contributed by atoms with Crippen molar-refractivity contribution in [1.29, 1.82) is 0 Å². The van der Waals surface area contributed by atoms with E-state index in [1.165, 1.54) is 4.90 Å². The SMILES string of the molecule is COc1ccc(NC(=O)C(c2cccc(C)c2)N(C(=O)C(CO)NC(=O)OC(C)(C)C)C2CC2)cc1. The molecule has 0 heterocycles. The van der Waals surface area contributed by atoms with Crippen LogP contribution in [-0.4, -0.2) is 59.3 Å². The number of hydrogen-bond donors (Lipinski definition) is 3. The van der Waals surface area contributed by atoms with E-state index in [1.807, 2.05) is 25.1 Å². The second-order valence-corrected chi connectivity index (χ2v) is 9.89. The number of anilines is 1. The molecule has 2 unspecified atom stereocenters. The molecule has 1 saturated carbocycles. The zero-order valence-electron chi connectivity index (χ0n) is 21.4. The van der Waals surface area contributed by atoms with Crippen molar-refractivity contribution in [3.05, 3.63) is 59.7 Å². The zero-order valence-corrected chi connectivity index (χ0v) is 21.4. The number of aliphatic hydroxyl groups excluding tert-OH is 1. The molecule has 2 aromatic carbocycles. The molecule has 3 rings (SSSR count). The van der Waals surface area contributed by atoms with Crippen molar-refractivity contribution < 1.29 is 29.0 Å². The molecule has 36 heavy (non-hydrogen) atoms. The molecule has 0 aliphatic heterocycles. The van der Waals surface area contributed by atoms with E-state index in [4.69, 9.17) is 9.47 Å². The van der Waals surface area contributed by atoms with Crippen LogP contribution in [0.4, 0.5) is 10.5 Å². The number of nitrogens with one attached hydrogen (secondary N) is 2. The molecule has 3 N–H and O–H groups in total. The first-order chi connectivity index (χ1) is 17.0. The van der Waals surface area contributed by atoms with Gasteiger partial charge in [-0.3, -0.25) is 9.59 Å². The Hall–Kier alpha value is -3.59. The van der Waals surface area contributed by atoms with Gasteiger partial charge in [-0.15, -0.1) is 0 Å². The maximum absolute atomic E-state index is 13.7. The molecule has 9 heteroatoms. The van der Waals surface area contributed by atoms with E-state index in [2.05, 4.69) is 10.6 Å². The van der Waals surface area contributed by atoms with Crippen LogP contribution in [0.5, 0.6) is 5.75 Å². The lowest BCUT2D eigenvalue weighted by atomic mass is 10.0. The minimum absolute atomic E-state index is 0.195. The van der Waals surface area contributed by atoms with E-state index < -0.39 is 42.2 Å². The highest BCUT2D eigenvalue weighted by Crippen LogP contribution is 2.36. The summed E-state index contributed by atoms with van der Waals surface area (Å²) in [5, 5.41) is 15.3. The number of nitrogens with zero attached hydrogens (tertiary/aromatic N) is 1. The maximum atomic E-state index is 13.7. The average molecular weight is 498 g/mol. The van der Waals surface area contributed by atoms with Gasteiger partial charge < -0.3 is 30.1 Å². The van der Waals surface area contributed by atoms with E-state index in [9.17, 15) is 19.5 Å². The summed E-state index contributed by atoms with van der Waals surface area (Å²) in [6, 6.07) is 11.9. The highest BCUT2D eigenvalue weighted by atomic mass is 16.6. The number of alkyl carbamates (subject to hydrolysis) is 1. The minimum Gasteiger partial charge on any atom is -0.497 e. The maximum Gasteiger partial charge on any atom is 0.408 e. The molecule has 1 aliphatic rings. The number of rotatable bonds is 9. The number of carbonyl (C=O) groups excluding carboxylic acids is 3. The highest BCUT2D eigenvalue weighted by Gasteiger charge is 2.44. The van der Waals surface area contributed by atoms with Crippen molar-refractivity contribution in [2.75, 3.05) is 19.0 Å². The molecule has 0 saturated heterocycles. The summed E-state index contributed by atoms with van der Waals surface area (Å²) >= 11 is 0. The van der Waals surface area contributed by atoms with E-state index >= 15 is 0 Å². The first-order valence-electron chi connectivity index (χ1n) is 12.0. The van der Waals surface area contributed by atoms with Gasteiger partial charge in [0.15, 0.2) is 0 Å². The van der Waals surface area contributed by atoms with Crippen molar-refractivity contribution in [2.45, 2.75) is 64.3 Å². The lowest BCUT2D eigenvalue weighted by Crippen LogP contribution is -2.54. The van der Waals surface area contributed by atoms with Gasteiger partial charge in [-0.1, -0.05) is 29.8 Å². The van der Waals surface area contributed by atoms with Gasteiger partial charge in [-0.05, 0) is 70.4 Å². The van der Waals surface area contributed by atoms with Gasteiger partial charge in [0.05, 0.1) is 13.7 Å². The van der Waals surface area contributed by atoms with Crippen molar-refractivity contribution >= 4 is 23.6 Å². The summed E-state index contributed by atoms with van der Waals surface area (Å²) in [6.07, 6.45) is 0.614. The number of hydrogen-bond acceptors (Lipinski definition) is 6. The summed E-state index contributed by atoms with van der Waals surface area (Å²) in [7, 11) is 1.56. The number of amides is 3. The average Bonchev–Trinajstić information content (AvgIpc) is 3.65. The fourth-order valence-electron chi connectivity index (χ4n) is 3.85. The Morgan fingerprint density at radius 3 is 2.31 bits per heavy atom. The predicted molar refractivity (Wildman–Crippen MR) is 136 cm³/mol. The van der Waals surface area contributed by atoms with Crippen LogP contribution in [0.15, 0.2) is 48.5 Å². The fourth-order valence-corrected chi connectivity index (χ4v) is 3.85. The normalized spacial score (nSPS) is 14.8. The van der Waals surface area contributed by atoms with Crippen LogP contribution in [0, 0.1) is 6.92 Å².